The van der Waals surface area contributed by atoms with E-state index < -0.39 is 6.36 Å². The number of benzene rings is 1. The van der Waals surface area contributed by atoms with E-state index in [1.54, 1.807) is 0 Å². The van der Waals surface area contributed by atoms with E-state index in [1.807, 2.05) is 0 Å². The largest absolute Gasteiger partial charge is 0.573 e. The van der Waals surface area contributed by atoms with Gasteiger partial charge in [-0.15, -0.1) is 19.6 Å². The molecule has 1 aromatic rings. The summed E-state index contributed by atoms with van der Waals surface area (Å²) in [5.41, 5.74) is 0.741. The Balaban J connectivity index is 2.45. The molecule has 0 aliphatic rings. The molecule has 3 nitrogen and oxygen atoms in total. The first-order chi connectivity index (χ1) is 8.90. The summed E-state index contributed by atoms with van der Waals surface area (Å²) < 4.78 is 39.5. The third-order valence-electron chi connectivity index (χ3n) is 2.19. The molecule has 1 aromatic carbocycles. The predicted octanol–water partition coefficient (Wildman–Crippen LogP) is 2.27. The average Bonchev–Trinajstić information content (AvgIpc) is 2.33. The standard InChI is InChI=1S/C13H12F3NO2/c1-2-9-17-12(18)8-5-10-3-6-11(7-4-10)19-13(14,15)16/h1,3-4,6-7H,5,8-9H2,(H,17,18). The third kappa shape index (κ3) is 6.36. The zero-order valence-electron chi connectivity index (χ0n) is 9.96. The number of carbonyl (C=O) groups is 1. The number of carbonyl (C=O) groups excluding carboxylic acids is 1. The fourth-order valence-corrected chi connectivity index (χ4v) is 1.35. The maximum atomic E-state index is 11.9. The molecule has 1 rings (SSSR count). The Kier molecular flexibility index (Phi) is 5.24. The van der Waals surface area contributed by atoms with Gasteiger partial charge in [0.15, 0.2) is 0 Å². The second-order valence-corrected chi connectivity index (χ2v) is 3.67. The first-order valence-electron chi connectivity index (χ1n) is 5.45. The van der Waals surface area contributed by atoms with Gasteiger partial charge in [-0.1, -0.05) is 18.1 Å². The Hall–Kier alpha value is -2.16. The molecule has 0 fully saturated rings. The molecule has 1 N–H and O–H groups in total. The van der Waals surface area contributed by atoms with Crippen LogP contribution in [0.1, 0.15) is 12.0 Å². The van der Waals surface area contributed by atoms with Crippen LogP contribution >= 0.6 is 0 Å². The predicted molar refractivity (Wildman–Crippen MR) is 63.3 cm³/mol. The molecule has 0 aliphatic heterocycles. The Morgan fingerprint density at radius 3 is 2.47 bits per heavy atom. The Bertz CT molecular complexity index is 460. The highest BCUT2D eigenvalue weighted by atomic mass is 19.4. The number of ether oxygens (including phenoxy) is 1. The maximum absolute atomic E-state index is 11.9. The fraction of sp³-hybridized carbons (Fsp3) is 0.308. The van der Waals surface area contributed by atoms with Crippen LogP contribution in [0.4, 0.5) is 13.2 Å². The molecule has 0 heterocycles. The third-order valence-corrected chi connectivity index (χ3v) is 2.19. The van der Waals surface area contributed by atoms with E-state index in [0.29, 0.717) is 6.42 Å². The molecule has 0 radical (unpaired) electrons. The molecule has 0 aromatic heterocycles. The minimum atomic E-state index is -4.70. The molecule has 19 heavy (non-hydrogen) atoms. The number of hydrogen-bond donors (Lipinski definition) is 1. The van der Waals surface area contributed by atoms with E-state index in [9.17, 15) is 18.0 Å². The molecular weight excluding hydrogens is 259 g/mol. The van der Waals surface area contributed by atoms with Gasteiger partial charge in [0.1, 0.15) is 5.75 Å². The van der Waals surface area contributed by atoms with Crippen LogP contribution in [0.25, 0.3) is 0 Å². The highest BCUT2D eigenvalue weighted by Gasteiger charge is 2.30. The van der Waals surface area contributed by atoms with Crippen molar-refractivity contribution in [1.82, 2.24) is 5.32 Å². The monoisotopic (exact) mass is 271 g/mol. The number of aryl methyl sites for hydroxylation is 1. The Labute approximate surface area is 108 Å². The summed E-state index contributed by atoms with van der Waals surface area (Å²) in [4.78, 5) is 11.2. The van der Waals surface area contributed by atoms with Gasteiger partial charge in [0.25, 0.3) is 0 Å². The van der Waals surface area contributed by atoms with Crippen LogP contribution in [-0.2, 0) is 11.2 Å². The van der Waals surface area contributed by atoms with Crippen molar-refractivity contribution in [2.24, 2.45) is 0 Å². The molecule has 102 valence electrons. The summed E-state index contributed by atoms with van der Waals surface area (Å²) in [5.74, 6) is 1.79. The van der Waals surface area contributed by atoms with Gasteiger partial charge in [-0.2, -0.15) is 0 Å². The second-order valence-electron chi connectivity index (χ2n) is 3.67. The number of nitrogens with one attached hydrogen (secondary N) is 1. The lowest BCUT2D eigenvalue weighted by Crippen LogP contribution is -2.23. The van der Waals surface area contributed by atoms with Gasteiger partial charge in [0.05, 0.1) is 6.54 Å². The highest BCUT2D eigenvalue weighted by molar-refractivity contribution is 5.76. The van der Waals surface area contributed by atoms with Crippen LogP contribution < -0.4 is 10.1 Å². The van der Waals surface area contributed by atoms with Crippen LogP contribution in [0.5, 0.6) is 5.75 Å². The lowest BCUT2D eigenvalue weighted by atomic mass is 10.1. The SMILES string of the molecule is C#CCNC(=O)CCc1ccc(OC(F)(F)F)cc1. The summed E-state index contributed by atoms with van der Waals surface area (Å²) in [6.07, 6.45) is 0.926. The van der Waals surface area contributed by atoms with E-state index in [-0.39, 0.29) is 24.6 Å². The number of alkyl halides is 3. The summed E-state index contributed by atoms with van der Waals surface area (Å²) in [7, 11) is 0. The lowest BCUT2D eigenvalue weighted by molar-refractivity contribution is -0.274. The second kappa shape index (κ2) is 6.69. The minimum absolute atomic E-state index is 0.164. The van der Waals surface area contributed by atoms with E-state index in [0.717, 1.165) is 5.56 Å². The van der Waals surface area contributed by atoms with Crippen molar-refractivity contribution < 1.29 is 22.7 Å². The number of rotatable bonds is 5. The summed E-state index contributed by atoms with van der Waals surface area (Å²) in [6.45, 7) is 0.164. The zero-order chi connectivity index (χ0) is 14.3. The molecule has 6 heteroatoms. The van der Waals surface area contributed by atoms with E-state index in [1.165, 1.54) is 24.3 Å². The van der Waals surface area contributed by atoms with Gasteiger partial charge in [-0.3, -0.25) is 4.79 Å². The number of halogens is 3. The van der Waals surface area contributed by atoms with Crippen molar-refractivity contribution in [2.45, 2.75) is 19.2 Å². The van der Waals surface area contributed by atoms with Crippen molar-refractivity contribution in [3.05, 3.63) is 29.8 Å². The Morgan fingerprint density at radius 1 is 1.32 bits per heavy atom. The number of amides is 1. The molecular formula is C13H12F3NO2. The van der Waals surface area contributed by atoms with Crippen molar-refractivity contribution in [1.29, 1.82) is 0 Å². The van der Waals surface area contributed by atoms with Crippen LogP contribution in [0.2, 0.25) is 0 Å². The maximum Gasteiger partial charge on any atom is 0.573 e. The molecule has 0 bridgehead atoms. The fourth-order valence-electron chi connectivity index (χ4n) is 1.35. The van der Waals surface area contributed by atoms with Gasteiger partial charge in [0.2, 0.25) is 5.91 Å². The quantitative estimate of drug-likeness (QED) is 0.834. The van der Waals surface area contributed by atoms with Gasteiger partial charge in [0, 0.05) is 6.42 Å². The molecule has 1 amide bonds. The van der Waals surface area contributed by atoms with Crippen LogP contribution in [0.3, 0.4) is 0 Å². The summed E-state index contributed by atoms with van der Waals surface area (Å²) >= 11 is 0. The first kappa shape index (κ1) is 14.9. The minimum Gasteiger partial charge on any atom is -0.406 e. The lowest BCUT2D eigenvalue weighted by Gasteiger charge is -2.09. The van der Waals surface area contributed by atoms with Crippen LogP contribution in [0.15, 0.2) is 24.3 Å². The topological polar surface area (TPSA) is 38.3 Å². The van der Waals surface area contributed by atoms with E-state index in [2.05, 4.69) is 16.0 Å². The van der Waals surface area contributed by atoms with E-state index >= 15 is 0 Å². The number of hydrogen-bond acceptors (Lipinski definition) is 2. The van der Waals surface area contributed by atoms with Gasteiger partial charge in [-0.05, 0) is 24.1 Å². The number of terminal acetylenes is 1. The van der Waals surface area contributed by atoms with Gasteiger partial charge < -0.3 is 10.1 Å². The van der Waals surface area contributed by atoms with Crippen molar-refractivity contribution in [3.8, 4) is 18.1 Å². The molecule has 0 atom stereocenters. The molecule has 0 saturated carbocycles. The van der Waals surface area contributed by atoms with Gasteiger partial charge in [-0.25, -0.2) is 0 Å². The Morgan fingerprint density at radius 2 is 1.95 bits per heavy atom. The summed E-state index contributed by atoms with van der Waals surface area (Å²) in [5, 5.41) is 2.50. The normalized spacial score (nSPS) is 10.6. The molecule has 0 spiro atoms. The van der Waals surface area contributed by atoms with Crippen molar-refractivity contribution in [2.75, 3.05) is 6.54 Å². The average molecular weight is 271 g/mol. The zero-order valence-corrected chi connectivity index (χ0v) is 9.96. The molecule has 0 aliphatic carbocycles. The summed E-state index contributed by atoms with van der Waals surface area (Å²) in [6, 6.07) is 5.38. The highest BCUT2D eigenvalue weighted by Crippen LogP contribution is 2.22. The molecule has 0 saturated heterocycles. The van der Waals surface area contributed by atoms with Crippen LogP contribution in [-0.4, -0.2) is 18.8 Å². The smallest absolute Gasteiger partial charge is 0.406 e. The molecule has 0 unspecified atom stereocenters. The van der Waals surface area contributed by atoms with Crippen molar-refractivity contribution in [3.63, 3.8) is 0 Å². The van der Waals surface area contributed by atoms with Crippen molar-refractivity contribution >= 4 is 5.91 Å². The van der Waals surface area contributed by atoms with Crippen LogP contribution in [0, 0.1) is 12.3 Å². The first-order valence-corrected chi connectivity index (χ1v) is 5.45. The van der Waals surface area contributed by atoms with E-state index in [4.69, 9.17) is 6.42 Å². The van der Waals surface area contributed by atoms with Gasteiger partial charge >= 0.3 is 6.36 Å².